The van der Waals surface area contributed by atoms with Crippen LogP contribution >= 0.6 is 0 Å². The number of amides is 1. The van der Waals surface area contributed by atoms with E-state index in [1.807, 2.05) is 0 Å². The third-order valence-corrected chi connectivity index (χ3v) is 3.18. The summed E-state index contributed by atoms with van der Waals surface area (Å²) in [6, 6.07) is 3.24. The molecular formula is C13H16F2N2O. The minimum Gasteiger partial charge on any atom is -0.355 e. The highest BCUT2D eigenvalue weighted by Crippen LogP contribution is 2.19. The van der Waals surface area contributed by atoms with Gasteiger partial charge in [0.1, 0.15) is 11.6 Å². The molecule has 2 N–H and O–H groups in total. The fourth-order valence-electron chi connectivity index (χ4n) is 2.16. The summed E-state index contributed by atoms with van der Waals surface area (Å²) in [6.07, 6.45) is 1.18. The Morgan fingerprint density at radius 1 is 1.44 bits per heavy atom. The average Bonchev–Trinajstić information content (AvgIpc) is 2.35. The summed E-state index contributed by atoms with van der Waals surface area (Å²) in [5.74, 6) is -0.828. The number of carbonyl (C=O) groups is 1. The molecule has 0 spiro atoms. The molecule has 1 aromatic carbocycles. The van der Waals surface area contributed by atoms with Gasteiger partial charge in [-0.2, -0.15) is 0 Å². The molecule has 1 saturated heterocycles. The average molecular weight is 254 g/mol. The molecule has 1 heterocycles. The molecule has 1 aromatic rings. The number of rotatable bonds is 3. The van der Waals surface area contributed by atoms with E-state index in [1.54, 1.807) is 6.92 Å². The summed E-state index contributed by atoms with van der Waals surface area (Å²) >= 11 is 0. The second-order valence-corrected chi connectivity index (χ2v) is 4.59. The van der Waals surface area contributed by atoms with Crippen LogP contribution in [-0.4, -0.2) is 18.5 Å². The predicted octanol–water partition coefficient (Wildman–Crippen LogP) is 1.89. The van der Waals surface area contributed by atoms with Crippen molar-refractivity contribution in [2.24, 2.45) is 0 Å². The van der Waals surface area contributed by atoms with Gasteiger partial charge in [-0.05, 0) is 31.5 Å². The van der Waals surface area contributed by atoms with E-state index in [0.717, 1.165) is 12.1 Å². The van der Waals surface area contributed by atoms with Crippen LogP contribution in [0.4, 0.5) is 8.78 Å². The summed E-state index contributed by atoms with van der Waals surface area (Å²) in [4.78, 5) is 11.0. The maximum atomic E-state index is 13.6. The maximum Gasteiger partial charge on any atom is 0.220 e. The molecule has 1 aliphatic rings. The van der Waals surface area contributed by atoms with Crippen LogP contribution in [-0.2, 0) is 4.79 Å². The largest absolute Gasteiger partial charge is 0.355 e. The number of hydrogen-bond acceptors (Lipinski definition) is 2. The van der Waals surface area contributed by atoms with Crippen LogP contribution in [0.2, 0.25) is 0 Å². The Morgan fingerprint density at radius 2 is 2.22 bits per heavy atom. The molecule has 1 aliphatic heterocycles. The van der Waals surface area contributed by atoms with Gasteiger partial charge in [-0.1, -0.05) is 0 Å². The second kappa shape index (κ2) is 5.44. The van der Waals surface area contributed by atoms with Crippen molar-refractivity contribution >= 4 is 5.91 Å². The first-order chi connectivity index (χ1) is 8.56. The predicted molar refractivity (Wildman–Crippen MR) is 63.9 cm³/mol. The van der Waals surface area contributed by atoms with E-state index in [-0.39, 0.29) is 18.0 Å². The number of nitrogens with one attached hydrogen (secondary N) is 2. The minimum absolute atomic E-state index is 0.0395. The summed E-state index contributed by atoms with van der Waals surface area (Å²) in [7, 11) is 0. The van der Waals surface area contributed by atoms with E-state index in [1.165, 1.54) is 6.07 Å². The lowest BCUT2D eigenvalue weighted by Gasteiger charge is -2.27. The fraction of sp³-hybridized carbons (Fsp3) is 0.462. The molecule has 0 aromatic heterocycles. The van der Waals surface area contributed by atoms with Gasteiger partial charge in [0, 0.05) is 30.6 Å². The van der Waals surface area contributed by atoms with Crippen molar-refractivity contribution < 1.29 is 13.6 Å². The van der Waals surface area contributed by atoms with Gasteiger partial charge < -0.3 is 10.6 Å². The van der Waals surface area contributed by atoms with E-state index in [9.17, 15) is 13.6 Å². The molecule has 2 rings (SSSR count). The standard InChI is InChI=1S/C13H16F2N2O/c1-8(11-6-9(14)2-4-12(11)15)17-10-3-5-13(18)16-7-10/h2,4,6,8,10,17H,3,5,7H2,1H3,(H,16,18). The number of benzene rings is 1. The van der Waals surface area contributed by atoms with Gasteiger partial charge in [-0.15, -0.1) is 0 Å². The Kier molecular flexibility index (Phi) is 3.91. The summed E-state index contributed by atoms with van der Waals surface area (Å²) in [5.41, 5.74) is 0.312. The quantitative estimate of drug-likeness (QED) is 0.865. The van der Waals surface area contributed by atoms with Crippen LogP contribution in [0, 0.1) is 11.6 Å². The molecule has 0 bridgehead atoms. The molecule has 2 atom stereocenters. The van der Waals surface area contributed by atoms with Crippen molar-refractivity contribution in [1.29, 1.82) is 0 Å². The molecule has 1 amide bonds. The first-order valence-electron chi connectivity index (χ1n) is 6.04. The van der Waals surface area contributed by atoms with Crippen LogP contribution in [0.1, 0.15) is 31.4 Å². The number of hydrogen-bond donors (Lipinski definition) is 2. The summed E-state index contributed by atoms with van der Waals surface area (Å²) < 4.78 is 26.6. The zero-order valence-corrected chi connectivity index (χ0v) is 10.2. The zero-order valence-electron chi connectivity index (χ0n) is 10.2. The Balaban J connectivity index is 2.00. The van der Waals surface area contributed by atoms with Crippen LogP contribution < -0.4 is 10.6 Å². The molecule has 2 unspecified atom stereocenters. The zero-order chi connectivity index (χ0) is 13.1. The topological polar surface area (TPSA) is 41.1 Å². The highest BCUT2D eigenvalue weighted by Gasteiger charge is 2.21. The van der Waals surface area contributed by atoms with Gasteiger partial charge in [0.25, 0.3) is 0 Å². The van der Waals surface area contributed by atoms with Gasteiger partial charge >= 0.3 is 0 Å². The van der Waals surface area contributed by atoms with E-state index in [2.05, 4.69) is 10.6 Å². The highest BCUT2D eigenvalue weighted by atomic mass is 19.1. The first-order valence-corrected chi connectivity index (χ1v) is 6.04. The second-order valence-electron chi connectivity index (χ2n) is 4.59. The molecule has 98 valence electrons. The monoisotopic (exact) mass is 254 g/mol. The number of halogens is 2. The third kappa shape index (κ3) is 3.04. The normalized spacial score (nSPS) is 21.5. The third-order valence-electron chi connectivity index (χ3n) is 3.18. The van der Waals surface area contributed by atoms with Crippen LogP contribution in [0.15, 0.2) is 18.2 Å². The molecular weight excluding hydrogens is 238 g/mol. The van der Waals surface area contributed by atoms with Gasteiger partial charge in [0.15, 0.2) is 0 Å². The maximum absolute atomic E-state index is 13.6. The first kappa shape index (κ1) is 13.0. The smallest absolute Gasteiger partial charge is 0.220 e. The van der Waals surface area contributed by atoms with Crippen molar-refractivity contribution in [2.75, 3.05) is 6.54 Å². The van der Waals surface area contributed by atoms with Crippen LogP contribution in [0.3, 0.4) is 0 Å². The number of piperidine rings is 1. The lowest BCUT2D eigenvalue weighted by Crippen LogP contribution is -2.46. The van der Waals surface area contributed by atoms with Gasteiger partial charge in [0.2, 0.25) is 5.91 Å². The Labute approximate surface area is 105 Å². The van der Waals surface area contributed by atoms with Crippen molar-refractivity contribution in [3.63, 3.8) is 0 Å². The Morgan fingerprint density at radius 3 is 2.89 bits per heavy atom. The summed E-state index contributed by atoms with van der Waals surface area (Å²) in [6.45, 7) is 2.31. The van der Waals surface area contributed by atoms with Gasteiger partial charge in [0.05, 0.1) is 0 Å². The SMILES string of the molecule is CC(NC1CCC(=O)NC1)c1cc(F)ccc1F. The molecule has 0 radical (unpaired) electrons. The van der Waals surface area contributed by atoms with Gasteiger partial charge in [-0.3, -0.25) is 4.79 Å². The lowest BCUT2D eigenvalue weighted by atomic mass is 10.0. The van der Waals surface area contributed by atoms with E-state index >= 15 is 0 Å². The van der Waals surface area contributed by atoms with Crippen molar-refractivity contribution in [3.8, 4) is 0 Å². The van der Waals surface area contributed by atoms with Gasteiger partial charge in [-0.25, -0.2) is 8.78 Å². The lowest BCUT2D eigenvalue weighted by molar-refractivity contribution is -0.122. The fourth-order valence-corrected chi connectivity index (χ4v) is 2.16. The van der Waals surface area contributed by atoms with Crippen molar-refractivity contribution in [2.45, 2.75) is 31.8 Å². The van der Waals surface area contributed by atoms with E-state index in [4.69, 9.17) is 0 Å². The Bertz CT molecular complexity index is 441. The molecule has 18 heavy (non-hydrogen) atoms. The van der Waals surface area contributed by atoms with Crippen molar-refractivity contribution in [1.82, 2.24) is 10.6 Å². The van der Waals surface area contributed by atoms with Crippen molar-refractivity contribution in [3.05, 3.63) is 35.4 Å². The molecule has 1 fully saturated rings. The minimum atomic E-state index is -0.447. The molecule has 5 heteroatoms. The number of carbonyl (C=O) groups excluding carboxylic acids is 1. The van der Waals surface area contributed by atoms with Crippen LogP contribution in [0.25, 0.3) is 0 Å². The molecule has 3 nitrogen and oxygen atoms in total. The van der Waals surface area contributed by atoms with E-state index in [0.29, 0.717) is 24.9 Å². The molecule has 0 saturated carbocycles. The van der Waals surface area contributed by atoms with E-state index < -0.39 is 11.6 Å². The molecule has 0 aliphatic carbocycles. The highest BCUT2D eigenvalue weighted by molar-refractivity contribution is 5.76. The summed E-state index contributed by atoms with van der Waals surface area (Å²) in [5, 5.41) is 5.95. The Hall–Kier alpha value is -1.49. The van der Waals surface area contributed by atoms with Crippen LogP contribution in [0.5, 0.6) is 0 Å².